The first-order valence-corrected chi connectivity index (χ1v) is 9.05. The van der Waals surface area contributed by atoms with Crippen LogP contribution in [0.4, 0.5) is 0 Å². The molecule has 0 radical (unpaired) electrons. The summed E-state index contributed by atoms with van der Waals surface area (Å²) in [6, 6.07) is 6.33. The molecular weight excluding hydrogens is 316 g/mol. The maximum absolute atomic E-state index is 12.4. The fourth-order valence-corrected chi connectivity index (χ4v) is 3.37. The van der Waals surface area contributed by atoms with Crippen LogP contribution in [0.3, 0.4) is 0 Å². The van der Waals surface area contributed by atoms with Gasteiger partial charge in [-0.15, -0.1) is 4.40 Å². The predicted molar refractivity (Wildman–Crippen MR) is 86.7 cm³/mol. The van der Waals surface area contributed by atoms with Gasteiger partial charge < -0.3 is 4.74 Å². The molecular formula is C16H22N2O4S. The van der Waals surface area contributed by atoms with Gasteiger partial charge in [0.1, 0.15) is 17.2 Å². The maximum Gasteiger partial charge on any atom is 0.284 e. The molecule has 6 nitrogen and oxygen atoms in total. The van der Waals surface area contributed by atoms with E-state index >= 15 is 0 Å². The Morgan fingerprint density at radius 3 is 2.48 bits per heavy atom. The number of nitrogens with zero attached hydrogens (tertiary/aromatic N) is 1. The molecule has 2 unspecified atom stereocenters. The molecule has 1 saturated carbocycles. The number of benzene rings is 1. The molecule has 1 aliphatic carbocycles. The number of sulfonamides is 1. The van der Waals surface area contributed by atoms with Crippen LogP contribution in [-0.2, 0) is 14.9 Å². The van der Waals surface area contributed by atoms with Gasteiger partial charge in [-0.1, -0.05) is 20.8 Å². The van der Waals surface area contributed by atoms with Crippen LogP contribution in [0.5, 0.6) is 5.75 Å². The van der Waals surface area contributed by atoms with Crippen molar-refractivity contribution < 1.29 is 18.0 Å². The van der Waals surface area contributed by atoms with Gasteiger partial charge in [-0.05, 0) is 43.0 Å². The molecule has 1 aromatic rings. The van der Waals surface area contributed by atoms with Crippen molar-refractivity contribution in [3.63, 3.8) is 0 Å². The van der Waals surface area contributed by atoms with E-state index < -0.39 is 10.0 Å². The highest BCUT2D eigenvalue weighted by atomic mass is 32.2. The highest BCUT2D eigenvalue weighted by Gasteiger charge is 2.60. The Hall–Kier alpha value is -1.60. The Balaban J connectivity index is 1.72. The molecule has 1 N–H and O–H groups in total. The van der Waals surface area contributed by atoms with E-state index in [-0.39, 0.29) is 21.8 Å². The van der Waals surface area contributed by atoms with Crippen LogP contribution in [0.1, 0.15) is 34.1 Å². The lowest BCUT2D eigenvalue weighted by Gasteiger charge is -2.18. The Morgan fingerprint density at radius 1 is 1.35 bits per heavy atom. The standard InChI is InChI=1S/C16H22N2O4S/c1-15(2,3)10-21-11-5-7-12(8-6-11)23(19,20)18-14-13-9-16(13,4)22-17-14/h5-8,13H,9-10H2,1-4H3,(H,17,18). The first kappa shape index (κ1) is 16.3. The van der Waals surface area contributed by atoms with Gasteiger partial charge in [-0.2, -0.15) is 8.42 Å². The minimum Gasteiger partial charge on any atom is -0.493 e. The molecule has 0 amide bonds. The summed E-state index contributed by atoms with van der Waals surface area (Å²) in [6.45, 7) is 8.71. The van der Waals surface area contributed by atoms with Crippen molar-refractivity contribution in [2.24, 2.45) is 15.7 Å². The second-order valence-electron chi connectivity index (χ2n) is 7.55. The zero-order valence-corrected chi connectivity index (χ0v) is 14.6. The molecule has 126 valence electrons. The molecule has 23 heavy (non-hydrogen) atoms. The summed E-state index contributed by atoms with van der Waals surface area (Å²) in [5.41, 5.74) is 2.37. The fraction of sp³-hybridized carbons (Fsp3) is 0.562. The van der Waals surface area contributed by atoms with Gasteiger partial charge in [0.05, 0.1) is 17.4 Å². The number of ether oxygens (including phenoxy) is 1. The first-order chi connectivity index (χ1) is 10.6. The average molecular weight is 338 g/mol. The van der Waals surface area contributed by atoms with E-state index in [4.69, 9.17) is 9.57 Å². The van der Waals surface area contributed by atoms with Gasteiger partial charge in [0.25, 0.3) is 10.0 Å². The lowest BCUT2D eigenvalue weighted by Crippen LogP contribution is -2.21. The summed E-state index contributed by atoms with van der Waals surface area (Å²) in [6.07, 6.45) is 0.800. The number of hydrogen-bond acceptors (Lipinski definition) is 4. The van der Waals surface area contributed by atoms with Crippen molar-refractivity contribution >= 4 is 15.9 Å². The quantitative estimate of drug-likeness (QED) is 0.913. The Kier molecular flexibility index (Phi) is 3.68. The Labute approximate surface area is 136 Å². The monoisotopic (exact) mass is 338 g/mol. The number of fused-ring (bicyclic) bond motifs is 1. The summed E-state index contributed by atoms with van der Waals surface area (Å²) in [5, 5.41) is 0. The molecule has 0 aromatic heterocycles. The third-order valence-corrected chi connectivity index (χ3v) is 5.22. The van der Waals surface area contributed by atoms with Gasteiger partial charge in [-0.25, -0.2) is 0 Å². The molecule has 7 heteroatoms. The highest BCUT2D eigenvalue weighted by Crippen LogP contribution is 2.50. The zero-order chi connectivity index (χ0) is 16.9. The molecule has 1 heterocycles. The van der Waals surface area contributed by atoms with Crippen LogP contribution in [-0.4, -0.2) is 26.5 Å². The summed E-state index contributed by atoms with van der Waals surface area (Å²) in [4.78, 5) is 5.47. The zero-order valence-electron chi connectivity index (χ0n) is 13.8. The molecule has 3 rings (SSSR count). The van der Waals surface area contributed by atoms with E-state index in [1.54, 1.807) is 12.1 Å². The van der Waals surface area contributed by atoms with Gasteiger partial charge in [0.2, 0.25) is 0 Å². The molecule has 2 aliphatic rings. The second kappa shape index (κ2) is 5.21. The van der Waals surface area contributed by atoms with Gasteiger partial charge in [0.15, 0.2) is 0 Å². The third-order valence-electron chi connectivity index (χ3n) is 3.92. The van der Waals surface area contributed by atoms with Crippen molar-refractivity contribution in [1.29, 1.82) is 0 Å². The number of hydroxylamine groups is 1. The average Bonchev–Trinajstić information content (AvgIpc) is 3.04. The number of nitrogens with one attached hydrogen (secondary N) is 1. The fourth-order valence-electron chi connectivity index (χ4n) is 2.36. The van der Waals surface area contributed by atoms with E-state index in [9.17, 15) is 8.42 Å². The Bertz CT molecular complexity index is 734. The summed E-state index contributed by atoms with van der Waals surface area (Å²) in [5.74, 6) is 1.08. The molecule has 0 spiro atoms. The molecule has 2 atom stereocenters. The summed E-state index contributed by atoms with van der Waals surface area (Å²) in [7, 11) is -3.75. The normalized spacial score (nSPS) is 28.3. The van der Waals surface area contributed by atoms with E-state index in [1.807, 2.05) is 6.92 Å². The van der Waals surface area contributed by atoms with Crippen LogP contribution in [0, 0.1) is 11.3 Å². The second-order valence-corrected chi connectivity index (χ2v) is 9.15. The molecule has 0 bridgehead atoms. The number of rotatable bonds is 4. The largest absolute Gasteiger partial charge is 0.493 e. The van der Waals surface area contributed by atoms with E-state index in [2.05, 4.69) is 30.6 Å². The van der Waals surface area contributed by atoms with Crippen LogP contribution in [0.25, 0.3) is 0 Å². The smallest absolute Gasteiger partial charge is 0.284 e. The molecule has 1 aromatic carbocycles. The van der Waals surface area contributed by atoms with Crippen molar-refractivity contribution in [3.8, 4) is 5.75 Å². The topological polar surface area (TPSA) is 77.0 Å². The molecule has 2 fully saturated rings. The summed E-state index contributed by atoms with van der Waals surface area (Å²) < 4.78 is 34.2. The lowest BCUT2D eigenvalue weighted by atomic mass is 9.99. The maximum atomic E-state index is 12.4. The first-order valence-electron chi connectivity index (χ1n) is 7.61. The van der Waals surface area contributed by atoms with E-state index in [0.29, 0.717) is 18.2 Å². The van der Waals surface area contributed by atoms with E-state index in [0.717, 1.165) is 6.42 Å². The van der Waals surface area contributed by atoms with Crippen molar-refractivity contribution in [2.45, 2.75) is 44.6 Å². The van der Waals surface area contributed by atoms with Crippen molar-refractivity contribution in [1.82, 2.24) is 5.48 Å². The third kappa shape index (κ3) is 3.50. The van der Waals surface area contributed by atoms with Crippen molar-refractivity contribution in [3.05, 3.63) is 24.3 Å². The highest BCUT2D eigenvalue weighted by molar-refractivity contribution is 7.90. The summed E-state index contributed by atoms with van der Waals surface area (Å²) >= 11 is 0. The number of hydrogen-bond donors (Lipinski definition) is 1. The number of amidine groups is 1. The molecule has 1 saturated heterocycles. The Morgan fingerprint density at radius 2 is 2.00 bits per heavy atom. The van der Waals surface area contributed by atoms with Crippen molar-refractivity contribution in [2.75, 3.05) is 6.61 Å². The SMILES string of the molecule is CC(C)(C)COc1ccc(S(=O)(=O)/N=C2\NOC3(C)CC23)cc1. The van der Waals surface area contributed by atoms with Crippen LogP contribution in [0.2, 0.25) is 0 Å². The van der Waals surface area contributed by atoms with Crippen LogP contribution < -0.4 is 10.2 Å². The predicted octanol–water partition coefficient (Wildman–Crippen LogP) is 2.51. The van der Waals surface area contributed by atoms with Crippen LogP contribution in [0.15, 0.2) is 33.6 Å². The lowest BCUT2D eigenvalue weighted by molar-refractivity contribution is 0.0202. The van der Waals surface area contributed by atoms with Crippen LogP contribution >= 0.6 is 0 Å². The van der Waals surface area contributed by atoms with Gasteiger partial charge in [0, 0.05) is 0 Å². The van der Waals surface area contributed by atoms with E-state index in [1.165, 1.54) is 12.1 Å². The minimum absolute atomic E-state index is 0.0434. The minimum atomic E-state index is -3.75. The van der Waals surface area contributed by atoms with Gasteiger partial charge >= 0.3 is 0 Å². The van der Waals surface area contributed by atoms with Gasteiger partial charge in [-0.3, -0.25) is 10.3 Å². The molecule has 1 aliphatic heterocycles.